The Morgan fingerprint density at radius 3 is 2.44 bits per heavy atom. The number of aliphatic carboxylic acids is 1. The van der Waals surface area contributed by atoms with Gasteiger partial charge in [0.2, 0.25) is 0 Å². The maximum absolute atomic E-state index is 13.6. The number of carboxylic acids is 1. The van der Waals surface area contributed by atoms with Gasteiger partial charge in [-0.1, -0.05) is 62.7 Å². The Morgan fingerprint density at radius 2 is 1.82 bits per heavy atom. The van der Waals surface area contributed by atoms with E-state index in [0.29, 0.717) is 30.8 Å². The summed E-state index contributed by atoms with van der Waals surface area (Å²) in [4.78, 5) is 17.2. The molecule has 5 rings (SSSR count). The van der Waals surface area contributed by atoms with E-state index in [1.165, 1.54) is 11.1 Å². The van der Waals surface area contributed by atoms with Gasteiger partial charge in [-0.05, 0) is 80.4 Å². The molecule has 3 atom stereocenters. The van der Waals surface area contributed by atoms with Crippen LogP contribution in [0.5, 0.6) is 5.75 Å². The Morgan fingerprint density at radius 1 is 1.09 bits per heavy atom. The molecular formula is C37H51FN4O3. The van der Waals surface area contributed by atoms with E-state index in [9.17, 15) is 14.3 Å². The fourth-order valence-corrected chi connectivity index (χ4v) is 7.64. The molecule has 0 aliphatic carbocycles. The van der Waals surface area contributed by atoms with Gasteiger partial charge in [0.05, 0.1) is 18.8 Å². The van der Waals surface area contributed by atoms with Crippen LogP contribution in [0.25, 0.3) is 0 Å². The lowest BCUT2D eigenvalue weighted by atomic mass is 9.85. The zero-order valence-corrected chi connectivity index (χ0v) is 27.7. The largest absolute Gasteiger partial charge is 0.494 e. The molecule has 3 unspecified atom stereocenters. The van der Waals surface area contributed by atoms with Gasteiger partial charge in [0.15, 0.2) is 0 Å². The van der Waals surface area contributed by atoms with E-state index in [1.54, 1.807) is 0 Å². The molecule has 0 spiro atoms. The first-order valence-electron chi connectivity index (χ1n) is 16.7. The molecule has 0 saturated carbocycles. The molecule has 244 valence electrons. The Bertz CT molecular complexity index is 1410. The second-order valence-electron chi connectivity index (χ2n) is 14.1. The van der Waals surface area contributed by atoms with E-state index in [4.69, 9.17) is 9.84 Å². The van der Waals surface area contributed by atoms with Crippen molar-refractivity contribution in [3.8, 4) is 5.75 Å². The molecule has 0 radical (unpaired) electrons. The Balaban J connectivity index is 1.26. The van der Waals surface area contributed by atoms with Crippen LogP contribution < -0.4 is 4.74 Å². The lowest BCUT2D eigenvalue weighted by molar-refractivity contribution is -0.147. The Labute approximate surface area is 268 Å². The van der Waals surface area contributed by atoms with E-state index in [-0.39, 0.29) is 12.0 Å². The SMILES string of the molecule is CCOc1ccc(Cc2cc(C3CCN(CC4CN(C(C(=O)O)C(C)(C)C)CC4c4cccc(C)c4)CC3)n(CCF)n2)cc1. The molecule has 2 aliphatic heterocycles. The van der Waals surface area contributed by atoms with Crippen molar-refractivity contribution in [1.29, 1.82) is 0 Å². The van der Waals surface area contributed by atoms with Crippen LogP contribution in [0.3, 0.4) is 0 Å². The number of aromatic nitrogens is 2. The van der Waals surface area contributed by atoms with Gasteiger partial charge in [-0.15, -0.1) is 0 Å². The number of halogens is 1. The quantitative estimate of drug-likeness (QED) is 0.249. The third-order valence-electron chi connectivity index (χ3n) is 9.64. The third kappa shape index (κ3) is 8.14. The predicted molar refractivity (Wildman–Crippen MR) is 177 cm³/mol. The van der Waals surface area contributed by atoms with Crippen LogP contribution in [0.2, 0.25) is 0 Å². The second kappa shape index (κ2) is 14.5. The number of rotatable bonds is 12. The van der Waals surface area contributed by atoms with Crippen LogP contribution >= 0.6 is 0 Å². The molecule has 2 saturated heterocycles. The highest BCUT2D eigenvalue weighted by Crippen LogP contribution is 2.39. The van der Waals surface area contributed by atoms with Gasteiger partial charge in [0.25, 0.3) is 0 Å². The van der Waals surface area contributed by atoms with E-state index >= 15 is 0 Å². The van der Waals surface area contributed by atoms with Crippen LogP contribution in [0, 0.1) is 18.3 Å². The van der Waals surface area contributed by atoms with Gasteiger partial charge in [-0.25, -0.2) is 4.39 Å². The minimum atomic E-state index is -0.737. The summed E-state index contributed by atoms with van der Waals surface area (Å²) >= 11 is 0. The highest BCUT2D eigenvalue weighted by molar-refractivity contribution is 5.74. The van der Waals surface area contributed by atoms with Crippen LogP contribution in [0.1, 0.15) is 80.5 Å². The van der Waals surface area contributed by atoms with Gasteiger partial charge in [0, 0.05) is 43.6 Å². The number of nitrogens with zero attached hydrogens (tertiary/aromatic N) is 4. The summed E-state index contributed by atoms with van der Waals surface area (Å²) in [5, 5.41) is 15.0. The molecule has 0 bridgehead atoms. The highest BCUT2D eigenvalue weighted by Gasteiger charge is 2.44. The summed E-state index contributed by atoms with van der Waals surface area (Å²) in [7, 11) is 0. The summed E-state index contributed by atoms with van der Waals surface area (Å²) in [5.74, 6) is 1.12. The molecule has 2 aliphatic rings. The number of ether oxygens (including phenoxy) is 1. The lowest BCUT2D eigenvalue weighted by Gasteiger charge is -2.36. The first kappa shape index (κ1) is 33.1. The average Bonchev–Trinajstić information content (AvgIpc) is 3.57. The summed E-state index contributed by atoms with van der Waals surface area (Å²) in [6, 6.07) is 18.5. The molecular weight excluding hydrogens is 567 g/mol. The topological polar surface area (TPSA) is 70.8 Å². The minimum Gasteiger partial charge on any atom is -0.494 e. The second-order valence-corrected chi connectivity index (χ2v) is 14.1. The predicted octanol–water partition coefficient (Wildman–Crippen LogP) is 6.54. The molecule has 1 N–H and O–H groups in total. The maximum atomic E-state index is 13.6. The maximum Gasteiger partial charge on any atom is 0.321 e. The molecule has 2 aromatic carbocycles. The highest BCUT2D eigenvalue weighted by atomic mass is 19.1. The number of carboxylic acid groups (broad SMARTS) is 1. The van der Waals surface area contributed by atoms with Crippen molar-refractivity contribution < 1.29 is 19.0 Å². The first-order chi connectivity index (χ1) is 21.5. The number of carbonyl (C=O) groups is 1. The van der Waals surface area contributed by atoms with Crippen LogP contribution in [-0.2, 0) is 17.8 Å². The number of hydrogen-bond donors (Lipinski definition) is 1. The number of likely N-dealkylation sites (tertiary alicyclic amines) is 2. The van der Waals surface area contributed by atoms with Gasteiger partial charge < -0.3 is 14.7 Å². The van der Waals surface area contributed by atoms with Gasteiger partial charge in [0.1, 0.15) is 18.5 Å². The van der Waals surface area contributed by atoms with Crippen LogP contribution in [0.4, 0.5) is 4.39 Å². The lowest BCUT2D eigenvalue weighted by Crippen LogP contribution is -2.48. The number of benzene rings is 2. The molecule has 3 aromatic rings. The molecule has 0 amide bonds. The summed E-state index contributed by atoms with van der Waals surface area (Å²) in [5.41, 5.74) is 5.48. The van der Waals surface area contributed by atoms with Crippen molar-refractivity contribution >= 4 is 5.97 Å². The standard InChI is InChI=1S/C37H51FN4O3/c1-6-45-32-12-10-27(11-13-32)21-31-22-34(42(39-31)19-16-38)28-14-17-40(18-15-28)23-30-24-41(35(36(43)44)37(3,4)5)25-33(30)29-9-7-8-26(2)20-29/h7-13,20,22,28,30,33,35H,6,14-19,21,23-25H2,1-5H3,(H,43,44). The van der Waals surface area contributed by atoms with Crippen molar-refractivity contribution in [3.63, 3.8) is 0 Å². The number of alkyl halides is 1. The normalized spacial score (nSPS) is 20.8. The molecule has 2 fully saturated rings. The number of aryl methyl sites for hydroxylation is 2. The van der Waals surface area contributed by atoms with E-state index in [2.05, 4.69) is 59.2 Å². The van der Waals surface area contributed by atoms with E-state index in [0.717, 1.165) is 68.3 Å². The van der Waals surface area contributed by atoms with Crippen LogP contribution in [0.15, 0.2) is 54.6 Å². The van der Waals surface area contributed by atoms with Gasteiger partial charge >= 0.3 is 5.97 Å². The summed E-state index contributed by atoms with van der Waals surface area (Å²) in [6.45, 7) is 15.1. The van der Waals surface area contributed by atoms with Crippen LogP contribution in [-0.4, -0.2) is 82.7 Å². The van der Waals surface area contributed by atoms with Crippen molar-refractivity contribution in [2.45, 2.75) is 78.3 Å². The molecule has 3 heterocycles. The smallest absolute Gasteiger partial charge is 0.321 e. The number of piperidine rings is 1. The first-order valence-corrected chi connectivity index (χ1v) is 16.7. The van der Waals surface area contributed by atoms with Crippen molar-refractivity contribution in [1.82, 2.24) is 19.6 Å². The fraction of sp³-hybridized carbons (Fsp3) is 0.568. The zero-order chi connectivity index (χ0) is 32.1. The molecule has 8 heteroatoms. The fourth-order valence-electron chi connectivity index (χ4n) is 7.64. The zero-order valence-electron chi connectivity index (χ0n) is 27.7. The summed E-state index contributed by atoms with van der Waals surface area (Å²) in [6.07, 6.45) is 2.72. The van der Waals surface area contributed by atoms with Gasteiger partial charge in [-0.2, -0.15) is 5.10 Å². The Kier molecular flexibility index (Phi) is 10.7. The van der Waals surface area contributed by atoms with Crippen molar-refractivity contribution in [2.24, 2.45) is 11.3 Å². The monoisotopic (exact) mass is 618 g/mol. The molecule has 1 aromatic heterocycles. The molecule has 7 nitrogen and oxygen atoms in total. The number of hydrogen-bond acceptors (Lipinski definition) is 5. The minimum absolute atomic E-state index is 0.285. The van der Waals surface area contributed by atoms with E-state index in [1.807, 2.05) is 44.5 Å². The van der Waals surface area contributed by atoms with E-state index < -0.39 is 18.7 Å². The van der Waals surface area contributed by atoms with Crippen molar-refractivity contribution in [3.05, 3.63) is 82.7 Å². The average molecular weight is 619 g/mol. The Hall–Kier alpha value is -3.23. The van der Waals surface area contributed by atoms with Gasteiger partial charge in [-0.3, -0.25) is 14.4 Å². The molecule has 45 heavy (non-hydrogen) atoms. The van der Waals surface area contributed by atoms with Crippen molar-refractivity contribution in [2.75, 3.05) is 46.0 Å². The summed E-state index contributed by atoms with van der Waals surface area (Å²) < 4.78 is 21.0. The third-order valence-corrected chi connectivity index (χ3v) is 9.64.